The minimum atomic E-state index is -3.90. The van der Waals surface area contributed by atoms with Crippen LogP contribution in [-0.2, 0) is 10.0 Å². The maximum Gasteiger partial charge on any atom is 0.270 e. The maximum absolute atomic E-state index is 12.2. The molecule has 0 spiro atoms. The van der Waals surface area contributed by atoms with Crippen molar-refractivity contribution in [1.29, 1.82) is 0 Å². The molecule has 8 nitrogen and oxygen atoms in total. The first-order valence-corrected chi connectivity index (χ1v) is 9.28. The van der Waals surface area contributed by atoms with Crippen LogP contribution in [0.1, 0.15) is 21.5 Å². The molecule has 138 valence electrons. The zero-order valence-electron chi connectivity index (χ0n) is 14.4. The van der Waals surface area contributed by atoms with Crippen molar-refractivity contribution in [2.24, 2.45) is 0 Å². The molecule has 0 bridgehead atoms. The van der Waals surface area contributed by atoms with Crippen molar-refractivity contribution in [3.63, 3.8) is 0 Å². The zero-order chi connectivity index (χ0) is 19.3. The van der Waals surface area contributed by atoms with Crippen molar-refractivity contribution in [3.8, 4) is 0 Å². The van der Waals surface area contributed by atoms with Gasteiger partial charge in [0, 0.05) is 30.8 Å². The van der Waals surface area contributed by atoms with Gasteiger partial charge in [-0.05, 0) is 43.2 Å². The number of aryl methyl sites for hydroxylation is 2. The molecule has 1 amide bonds. The quantitative estimate of drug-likeness (QED) is 0.434. The number of nitrogens with zero attached hydrogens (tertiary/aromatic N) is 1. The van der Waals surface area contributed by atoms with Crippen LogP contribution in [0.15, 0.2) is 47.4 Å². The number of benzene rings is 2. The molecule has 26 heavy (non-hydrogen) atoms. The van der Waals surface area contributed by atoms with Crippen LogP contribution in [0.3, 0.4) is 0 Å². The van der Waals surface area contributed by atoms with Crippen LogP contribution in [0.2, 0.25) is 0 Å². The van der Waals surface area contributed by atoms with Gasteiger partial charge in [-0.15, -0.1) is 0 Å². The molecule has 0 radical (unpaired) electrons. The summed E-state index contributed by atoms with van der Waals surface area (Å²) in [5.74, 6) is -0.303. The minimum Gasteiger partial charge on any atom is -0.351 e. The molecule has 0 saturated heterocycles. The van der Waals surface area contributed by atoms with E-state index in [1.165, 1.54) is 18.2 Å². The molecule has 0 aliphatic heterocycles. The van der Waals surface area contributed by atoms with E-state index < -0.39 is 14.9 Å². The van der Waals surface area contributed by atoms with Crippen LogP contribution in [0.4, 0.5) is 5.69 Å². The van der Waals surface area contributed by atoms with E-state index in [9.17, 15) is 23.3 Å². The second kappa shape index (κ2) is 8.07. The lowest BCUT2D eigenvalue weighted by atomic mass is 10.1. The number of carbonyl (C=O) groups is 1. The summed E-state index contributed by atoms with van der Waals surface area (Å²) in [6.07, 6.45) is 0. The Labute approximate surface area is 151 Å². The van der Waals surface area contributed by atoms with E-state index in [1.54, 1.807) is 12.1 Å². The highest BCUT2D eigenvalue weighted by atomic mass is 32.2. The number of nitro benzene ring substituents is 1. The van der Waals surface area contributed by atoms with E-state index >= 15 is 0 Å². The van der Waals surface area contributed by atoms with Crippen LogP contribution in [0, 0.1) is 24.0 Å². The van der Waals surface area contributed by atoms with Gasteiger partial charge in [-0.25, -0.2) is 13.1 Å². The minimum absolute atomic E-state index is 0.0401. The maximum atomic E-state index is 12.2. The normalized spacial score (nSPS) is 11.2. The number of hydrogen-bond donors (Lipinski definition) is 2. The summed E-state index contributed by atoms with van der Waals surface area (Å²) in [5, 5.41) is 13.4. The lowest BCUT2D eigenvalue weighted by Gasteiger charge is -2.09. The first-order valence-electron chi connectivity index (χ1n) is 7.80. The van der Waals surface area contributed by atoms with Crippen LogP contribution >= 0.6 is 0 Å². The van der Waals surface area contributed by atoms with Crippen molar-refractivity contribution >= 4 is 21.6 Å². The van der Waals surface area contributed by atoms with Gasteiger partial charge in [0.05, 0.1) is 9.82 Å². The molecule has 0 fully saturated rings. The number of carbonyl (C=O) groups excluding carboxylic acids is 1. The van der Waals surface area contributed by atoms with Gasteiger partial charge in [-0.3, -0.25) is 14.9 Å². The van der Waals surface area contributed by atoms with Crippen LogP contribution in [0.25, 0.3) is 0 Å². The van der Waals surface area contributed by atoms with E-state index in [2.05, 4.69) is 10.0 Å². The van der Waals surface area contributed by atoms with Crippen molar-refractivity contribution in [1.82, 2.24) is 10.0 Å². The third-order valence-electron chi connectivity index (χ3n) is 3.81. The molecule has 2 aromatic rings. The monoisotopic (exact) mass is 377 g/mol. The first-order chi connectivity index (χ1) is 12.2. The zero-order valence-corrected chi connectivity index (χ0v) is 15.2. The third kappa shape index (κ3) is 4.87. The Morgan fingerprint density at radius 3 is 2.46 bits per heavy atom. The number of nitro groups is 1. The number of rotatable bonds is 7. The van der Waals surface area contributed by atoms with Crippen molar-refractivity contribution in [3.05, 3.63) is 69.3 Å². The largest absolute Gasteiger partial charge is 0.351 e. The molecule has 0 atom stereocenters. The van der Waals surface area contributed by atoms with Gasteiger partial charge in [-0.2, -0.15) is 0 Å². The Kier molecular flexibility index (Phi) is 6.06. The molecule has 2 aromatic carbocycles. The Balaban J connectivity index is 1.92. The Bertz CT molecular complexity index is 941. The van der Waals surface area contributed by atoms with E-state index in [0.29, 0.717) is 5.56 Å². The van der Waals surface area contributed by atoms with Crippen molar-refractivity contribution < 1.29 is 18.1 Å². The topological polar surface area (TPSA) is 118 Å². The molecule has 2 N–H and O–H groups in total. The lowest BCUT2D eigenvalue weighted by molar-refractivity contribution is -0.385. The SMILES string of the molecule is Cc1ccc(C(=O)NCCNS(=O)(=O)c2cccc([N+](=O)[O-])c2)cc1C. The Morgan fingerprint density at radius 2 is 1.81 bits per heavy atom. The number of nitrogens with one attached hydrogen (secondary N) is 2. The van der Waals surface area contributed by atoms with Gasteiger partial charge in [0.1, 0.15) is 0 Å². The highest BCUT2D eigenvalue weighted by Gasteiger charge is 2.17. The predicted octanol–water partition coefficient (Wildman–Crippen LogP) is 1.92. The summed E-state index contributed by atoms with van der Waals surface area (Å²) in [5.41, 5.74) is 2.25. The second-order valence-electron chi connectivity index (χ2n) is 5.71. The highest BCUT2D eigenvalue weighted by Crippen LogP contribution is 2.16. The summed E-state index contributed by atoms with van der Waals surface area (Å²) >= 11 is 0. The molecule has 0 saturated carbocycles. The van der Waals surface area contributed by atoms with Crippen molar-refractivity contribution in [2.45, 2.75) is 18.7 Å². The number of sulfonamides is 1. The fourth-order valence-electron chi connectivity index (χ4n) is 2.19. The molecular weight excluding hydrogens is 358 g/mol. The number of hydrogen-bond acceptors (Lipinski definition) is 5. The van der Waals surface area contributed by atoms with Gasteiger partial charge < -0.3 is 5.32 Å². The lowest BCUT2D eigenvalue weighted by Crippen LogP contribution is -2.34. The van der Waals surface area contributed by atoms with Crippen LogP contribution in [0.5, 0.6) is 0 Å². The Morgan fingerprint density at radius 1 is 1.08 bits per heavy atom. The molecule has 0 aliphatic rings. The summed E-state index contributed by atoms with van der Waals surface area (Å²) in [6, 6.07) is 10.1. The smallest absolute Gasteiger partial charge is 0.270 e. The average Bonchev–Trinajstić information content (AvgIpc) is 2.61. The summed E-state index contributed by atoms with van der Waals surface area (Å²) in [4.78, 5) is 21.9. The van der Waals surface area contributed by atoms with Crippen LogP contribution in [-0.4, -0.2) is 32.3 Å². The van der Waals surface area contributed by atoms with E-state index in [-0.39, 0.29) is 29.6 Å². The van der Waals surface area contributed by atoms with Crippen LogP contribution < -0.4 is 10.0 Å². The van der Waals surface area contributed by atoms with Gasteiger partial charge in [0.2, 0.25) is 10.0 Å². The molecule has 0 aliphatic carbocycles. The molecule has 2 rings (SSSR count). The summed E-state index contributed by atoms with van der Waals surface area (Å²) in [7, 11) is -3.90. The van der Waals surface area contributed by atoms with Gasteiger partial charge in [-0.1, -0.05) is 12.1 Å². The van der Waals surface area contributed by atoms with E-state index in [1.807, 2.05) is 19.9 Å². The van der Waals surface area contributed by atoms with E-state index in [0.717, 1.165) is 17.2 Å². The second-order valence-corrected chi connectivity index (χ2v) is 7.47. The average molecular weight is 377 g/mol. The van der Waals surface area contributed by atoms with Gasteiger partial charge >= 0.3 is 0 Å². The Hall–Kier alpha value is -2.78. The molecule has 0 aromatic heterocycles. The van der Waals surface area contributed by atoms with Gasteiger partial charge in [0.25, 0.3) is 11.6 Å². The third-order valence-corrected chi connectivity index (χ3v) is 5.27. The summed E-state index contributed by atoms with van der Waals surface area (Å²) in [6.45, 7) is 3.89. The summed E-state index contributed by atoms with van der Waals surface area (Å²) < 4.78 is 26.6. The van der Waals surface area contributed by atoms with Crippen molar-refractivity contribution in [2.75, 3.05) is 13.1 Å². The predicted molar refractivity (Wildman–Crippen MR) is 96.5 cm³/mol. The number of amides is 1. The van der Waals surface area contributed by atoms with E-state index in [4.69, 9.17) is 0 Å². The molecule has 0 heterocycles. The molecule has 0 unspecified atom stereocenters. The molecular formula is C17H19N3O5S. The standard InChI is InChI=1S/C17H19N3O5S/c1-12-6-7-14(10-13(12)2)17(21)18-8-9-19-26(24,25)16-5-3-4-15(11-16)20(22)23/h3-7,10-11,19H,8-9H2,1-2H3,(H,18,21). The van der Waals surface area contributed by atoms with Gasteiger partial charge in [0.15, 0.2) is 0 Å². The fourth-order valence-corrected chi connectivity index (χ4v) is 3.26. The molecule has 9 heteroatoms. The number of non-ortho nitro benzene ring substituents is 1. The first kappa shape index (κ1) is 19.5. The highest BCUT2D eigenvalue weighted by molar-refractivity contribution is 7.89. The fraction of sp³-hybridized carbons (Fsp3) is 0.235.